The standard InChI is InChI=1S/C16H20N2O/c1-11(2)19-16-10-15(18)8-5-13(16)9-12-3-6-14(17)7-4-12/h3-8,10-11H,9,17-18H2,1-2H3. The first kappa shape index (κ1) is 13.3. The topological polar surface area (TPSA) is 61.3 Å². The molecular formula is C16H20N2O. The summed E-state index contributed by atoms with van der Waals surface area (Å²) < 4.78 is 5.82. The molecule has 0 fully saturated rings. The van der Waals surface area contributed by atoms with Crippen LogP contribution in [-0.4, -0.2) is 6.10 Å². The molecule has 0 spiro atoms. The van der Waals surface area contributed by atoms with Crippen LogP contribution in [0.4, 0.5) is 11.4 Å². The molecule has 0 aliphatic rings. The summed E-state index contributed by atoms with van der Waals surface area (Å²) >= 11 is 0. The maximum absolute atomic E-state index is 5.82. The van der Waals surface area contributed by atoms with Crippen LogP contribution in [-0.2, 0) is 6.42 Å². The van der Waals surface area contributed by atoms with Gasteiger partial charge in [0.2, 0.25) is 0 Å². The molecule has 0 heterocycles. The first-order chi connectivity index (χ1) is 9.04. The summed E-state index contributed by atoms with van der Waals surface area (Å²) in [6.45, 7) is 4.02. The normalized spacial score (nSPS) is 10.7. The van der Waals surface area contributed by atoms with Crippen molar-refractivity contribution in [1.29, 1.82) is 0 Å². The number of hydrogen-bond donors (Lipinski definition) is 2. The quantitative estimate of drug-likeness (QED) is 0.826. The van der Waals surface area contributed by atoms with Crippen LogP contribution < -0.4 is 16.2 Å². The summed E-state index contributed by atoms with van der Waals surface area (Å²) in [6.07, 6.45) is 0.940. The van der Waals surface area contributed by atoms with E-state index in [1.54, 1.807) is 0 Å². The Kier molecular flexibility index (Phi) is 3.95. The van der Waals surface area contributed by atoms with Gasteiger partial charge in [0.15, 0.2) is 0 Å². The minimum Gasteiger partial charge on any atom is -0.491 e. The van der Waals surface area contributed by atoms with Crippen LogP contribution in [0.1, 0.15) is 25.0 Å². The number of hydrogen-bond acceptors (Lipinski definition) is 3. The van der Waals surface area contributed by atoms with E-state index in [9.17, 15) is 0 Å². The highest BCUT2D eigenvalue weighted by Gasteiger charge is 2.07. The van der Waals surface area contributed by atoms with Crippen molar-refractivity contribution < 1.29 is 4.74 Å². The zero-order chi connectivity index (χ0) is 13.8. The van der Waals surface area contributed by atoms with Gasteiger partial charge in [-0.25, -0.2) is 0 Å². The Morgan fingerprint density at radius 1 is 0.947 bits per heavy atom. The number of benzene rings is 2. The molecule has 3 heteroatoms. The molecule has 0 unspecified atom stereocenters. The molecular weight excluding hydrogens is 236 g/mol. The molecule has 100 valence electrons. The monoisotopic (exact) mass is 256 g/mol. The minimum atomic E-state index is 0.131. The predicted octanol–water partition coefficient (Wildman–Crippen LogP) is 3.23. The SMILES string of the molecule is CC(C)Oc1cc(N)ccc1Cc1ccc(N)cc1. The molecule has 0 saturated carbocycles. The lowest BCUT2D eigenvalue weighted by atomic mass is 10.0. The molecule has 2 aromatic rings. The molecule has 0 atom stereocenters. The molecule has 0 saturated heterocycles. The molecule has 4 N–H and O–H groups in total. The lowest BCUT2D eigenvalue weighted by Crippen LogP contribution is -2.08. The maximum atomic E-state index is 5.82. The summed E-state index contributed by atoms with van der Waals surface area (Å²) in [5.74, 6) is 0.854. The Bertz CT molecular complexity index is 547. The van der Waals surface area contributed by atoms with Crippen LogP contribution in [0.3, 0.4) is 0 Å². The van der Waals surface area contributed by atoms with Crippen molar-refractivity contribution in [3.63, 3.8) is 0 Å². The van der Waals surface area contributed by atoms with Gasteiger partial charge in [-0.2, -0.15) is 0 Å². The van der Waals surface area contributed by atoms with Crippen molar-refractivity contribution in [2.75, 3.05) is 11.5 Å². The first-order valence-electron chi connectivity index (χ1n) is 6.44. The van der Waals surface area contributed by atoms with E-state index >= 15 is 0 Å². The predicted molar refractivity (Wildman–Crippen MR) is 80.3 cm³/mol. The highest BCUT2D eigenvalue weighted by Crippen LogP contribution is 2.25. The van der Waals surface area contributed by atoms with Gasteiger partial charge in [0.1, 0.15) is 5.75 Å². The van der Waals surface area contributed by atoms with E-state index in [1.165, 1.54) is 5.56 Å². The van der Waals surface area contributed by atoms with Crippen LogP contribution in [0.25, 0.3) is 0 Å². The summed E-state index contributed by atoms with van der Waals surface area (Å²) in [4.78, 5) is 0. The van der Waals surface area contributed by atoms with Gasteiger partial charge in [-0.1, -0.05) is 18.2 Å². The maximum Gasteiger partial charge on any atom is 0.125 e. The molecule has 0 aliphatic heterocycles. The third-order valence-corrected chi connectivity index (χ3v) is 2.83. The molecule has 0 amide bonds. The second-order valence-electron chi connectivity index (χ2n) is 4.95. The average molecular weight is 256 g/mol. The van der Waals surface area contributed by atoms with E-state index in [0.717, 1.165) is 29.1 Å². The number of ether oxygens (including phenoxy) is 1. The fourth-order valence-corrected chi connectivity index (χ4v) is 1.94. The van der Waals surface area contributed by atoms with E-state index in [2.05, 4.69) is 0 Å². The molecule has 0 bridgehead atoms. The van der Waals surface area contributed by atoms with E-state index in [4.69, 9.17) is 16.2 Å². The lowest BCUT2D eigenvalue weighted by molar-refractivity contribution is 0.240. The van der Waals surface area contributed by atoms with Gasteiger partial charge in [0.05, 0.1) is 6.10 Å². The van der Waals surface area contributed by atoms with Gasteiger partial charge in [0.25, 0.3) is 0 Å². The fraction of sp³-hybridized carbons (Fsp3) is 0.250. The van der Waals surface area contributed by atoms with Crippen LogP contribution in [0.5, 0.6) is 5.75 Å². The van der Waals surface area contributed by atoms with Gasteiger partial charge in [0, 0.05) is 23.9 Å². The average Bonchev–Trinajstić information content (AvgIpc) is 2.34. The number of nitrogen functional groups attached to an aromatic ring is 2. The molecule has 2 aromatic carbocycles. The van der Waals surface area contributed by atoms with E-state index in [-0.39, 0.29) is 6.10 Å². The van der Waals surface area contributed by atoms with Gasteiger partial charge in [-0.05, 0) is 43.2 Å². The van der Waals surface area contributed by atoms with Crippen LogP contribution >= 0.6 is 0 Å². The first-order valence-corrected chi connectivity index (χ1v) is 6.44. The Morgan fingerprint density at radius 2 is 1.58 bits per heavy atom. The van der Waals surface area contributed by atoms with Crippen molar-refractivity contribution in [1.82, 2.24) is 0 Å². The molecule has 0 aromatic heterocycles. The third kappa shape index (κ3) is 3.65. The molecule has 3 nitrogen and oxygen atoms in total. The summed E-state index contributed by atoms with van der Waals surface area (Å²) in [5, 5.41) is 0. The molecule has 0 aliphatic carbocycles. The highest BCUT2D eigenvalue weighted by atomic mass is 16.5. The molecule has 2 rings (SSSR count). The Morgan fingerprint density at radius 3 is 2.21 bits per heavy atom. The van der Waals surface area contributed by atoms with Gasteiger partial charge in [-0.3, -0.25) is 0 Å². The summed E-state index contributed by atoms with van der Waals surface area (Å²) in [5.41, 5.74) is 15.3. The second kappa shape index (κ2) is 5.65. The zero-order valence-electron chi connectivity index (χ0n) is 11.4. The van der Waals surface area contributed by atoms with E-state index in [0.29, 0.717) is 0 Å². The lowest BCUT2D eigenvalue weighted by Gasteiger charge is -2.15. The third-order valence-electron chi connectivity index (χ3n) is 2.83. The van der Waals surface area contributed by atoms with E-state index in [1.807, 2.05) is 56.3 Å². The van der Waals surface area contributed by atoms with Crippen LogP contribution in [0.15, 0.2) is 42.5 Å². The van der Waals surface area contributed by atoms with Crippen molar-refractivity contribution in [3.8, 4) is 5.75 Å². The van der Waals surface area contributed by atoms with Crippen molar-refractivity contribution in [2.45, 2.75) is 26.4 Å². The van der Waals surface area contributed by atoms with Gasteiger partial charge in [-0.15, -0.1) is 0 Å². The number of nitrogens with two attached hydrogens (primary N) is 2. The smallest absolute Gasteiger partial charge is 0.125 e. The largest absolute Gasteiger partial charge is 0.491 e. The van der Waals surface area contributed by atoms with Crippen molar-refractivity contribution >= 4 is 11.4 Å². The second-order valence-corrected chi connectivity index (χ2v) is 4.95. The molecule has 19 heavy (non-hydrogen) atoms. The summed E-state index contributed by atoms with van der Waals surface area (Å²) in [6, 6.07) is 13.7. The number of anilines is 2. The highest BCUT2D eigenvalue weighted by molar-refractivity contribution is 5.50. The van der Waals surface area contributed by atoms with Gasteiger partial charge >= 0.3 is 0 Å². The fourth-order valence-electron chi connectivity index (χ4n) is 1.94. The van der Waals surface area contributed by atoms with Crippen LogP contribution in [0.2, 0.25) is 0 Å². The minimum absolute atomic E-state index is 0.131. The van der Waals surface area contributed by atoms with E-state index < -0.39 is 0 Å². The van der Waals surface area contributed by atoms with Crippen molar-refractivity contribution in [3.05, 3.63) is 53.6 Å². The van der Waals surface area contributed by atoms with Gasteiger partial charge < -0.3 is 16.2 Å². The number of rotatable bonds is 4. The zero-order valence-corrected chi connectivity index (χ0v) is 11.4. The molecule has 0 radical (unpaired) electrons. The van der Waals surface area contributed by atoms with Crippen molar-refractivity contribution in [2.24, 2.45) is 0 Å². The Labute approximate surface area is 114 Å². The Hall–Kier alpha value is -2.16. The Balaban J connectivity index is 2.26. The summed E-state index contributed by atoms with van der Waals surface area (Å²) in [7, 11) is 0. The van der Waals surface area contributed by atoms with Crippen LogP contribution in [0, 0.1) is 0 Å².